The van der Waals surface area contributed by atoms with E-state index in [-0.39, 0.29) is 15.9 Å². The Balaban J connectivity index is 1.14. The van der Waals surface area contributed by atoms with Crippen LogP contribution in [0.15, 0.2) is 66.0 Å². The van der Waals surface area contributed by atoms with Crippen molar-refractivity contribution in [2.75, 3.05) is 17.8 Å². The molecule has 4 aromatic rings. The summed E-state index contributed by atoms with van der Waals surface area (Å²) >= 11 is 3.30. The zero-order chi connectivity index (χ0) is 24.4. The maximum atomic E-state index is 12.8. The Labute approximate surface area is 221 Å². The molecule has 11 heteroatoms. The van der Waals surface area contributed by atoms with Crippen LogP contribution in [0.4, 0.5) is 5.13 Å². The molecule has 1 fully saturated rings. The number of anilines is 1. The number of rotatable bonds is 7. The van der Waals surface area contributed by atoms with Gasteiger partial charge >= 0.3 is 0 Å². The number of carbonyl (C=O) groups is 1. The zero-order valence-electron chi connectivity index (χ0n) is 18.8. The molecule has 0 aliphatic carbocycles. The Morgan fingerprint density at radius 3 is 2.60 bits per heavy atom. The first kappa shape index (κ1) is 24.2. The number of likely N-dealkylation sites (tertiary alicyclic amines) is 1. The van der Waals surface area contributed by atoms with Crippen LogP contribution in [-0.2, 0) is 21.4 Å². The maximum absolute atomic E-state index is 12.8. The lowest BCUT2D eigenvalue weighted by Gasteiger charge is -2.32. The van der Waals surface area contributed by atoms with Crippen molar-refractivity contribution in [1.82, 2.24) is 18.8 Å². The molecular formula is C24H24IN5O3S2. The summed E-state index contributed by atoms with van der Waals surface area (Å²) < 4.78 is 34.6. The summed E-state index contributed by atoms with van der Waals surface area (Å²) in [7, 11) is -3.69. The van der Waals surface area contributed by atoms with Crippen molar-refractivity contribution < 1.29 is 13.2 Å². The molecular weight excluding hydrogens is 597 g/mol. The summed E-state index contributed by atoms with van der Waals surface area (Å²) in [6.45, 7) is 2.10. The first-order chi connectivity index (χ1) is 16.9. The van der Waals surface area contributed by atoms with E-state index in [0.717, 1.165) is 35.5 Å². The van der Waals surface area contributed by atoms with Crippen molar-refractivity contribution in [2.45, 2.75) is 36.6 Å². The number of nitrogens with zero attached hydrogens (tertiary/aromatic N) is 4. The molecule has 5 rings (SSSR count). The number of nitrogens with one attached hydrogen (secondary N) is 1. The van der Waals surface area contributed by atoms with Gasteiger partial charge in [0.1, 0.15) is 6.33 Å². The van der Waals surface area contributed by atoms with E-state index in [0.29, 0.717) is 32.0 Å². The summed E-state index contributed by atoms with van der Waals surface area (Å²) in [6, 6.07) is 15.4. The monoisotopic (exact) mass is 621 g/mol. The molecule has 1 N–H and O–H groups in total. The minimum absolute atomic E-state index is 0.181. The van der Waals surface area contributed by atoms with E-state index in [4.69, 9.17) is 0 Å². The van der Waals surface area contributed by atoms with Gasteiger partial charge < -0.3 is 9.47 Å². The molecule has 1 amide bonds. The largest absolute Gasteiger partial charge is 0.347 e. The lowest BCUT2D eigenvalue weighted by Crippen LogP contribution is -2.38. The van der Waals surface area contributed by atoms with E-state index in [2.05, 4.69) is 65.5 Å². The standard InChI is InChI=1S/C24H24IN5O3S2/c25-20-3-6-22-19(15-20)9-11-29(22)14-10-23(31)30-12-7-18(8-13-30)17-1-4-21(5-2-17)35(32,33)28-24-26-16-27-34-24/h1-6,9,11,15-16,18H,7-8,10,12-14H2,(H,26,27,28). The highest BCUT2D eigenvalue weighted by Gasteiger charge is 2.24. The number of halogens is 1. The van der Waals surface area contributed by atoms with Gasteiger partial charge in [-0.3, -0.25) is 9.52 Å². The molecule has 3 heterocycles. The third kappa shape index (κ3) is 5.51. The first-order valence-corrected chi connectivity index (χ1v) is 14.6. The smallest absolute Gasteiger partial charge is 0.263 e. The molecule has 0 atom stereocenters. The summed E-state index contributed by atoms with van der Waals surface area (Å²) in [5.74, 6) is 0.489. The Morgan fingerprint density at radius 1 is 1.11 bits per heavy atom. The average molecular weight is 622 g/mol. The van der Waals surface area contributed by atoms with E-state index in [1.165, 1.54) is 15.3 Å². The first-order valence-electron chi connectivity index (χ1n) is 11.3. The topological polar surface area (TPSA) is 97.2 Å². The van der Waals surface area contributed by atoms with Crippen LogP contribution in [0, 0.1) is 3.57 Å². The molecule has 1 aliphatic rings. The fraction of sp³-hybridized carbons (Fsp3) is 0.292. The van der Waals surface area contributed by atoms with Crippen molar-refractivity contribution in [1.29, 1.82) is 0 Å². The predicted octanol–water partition coefficient (Wildman–Crippen LogP) is 4.69. The van der Waals surface area contributed by atoms with Crippen LogP contribution in [0.3, 0.4) is 0 Å². The Morgan fingerprint density at radius 2 is 1.89 bits per heavy atom. The number of amides is 1. The highest BCUT2D eigenvalue weighted by atomic mass is 127. The van der Waals surface area contributed by atoms with Gasteiger partial charge in [0, 0.05) is 58.3 Å². The fourth-order valence-corrected chi connectivity index (χ4v) is 6.69. The van der Waals surface area contributed by atoms with E-state index in [9.17, 15) is 13.2 Å². The zero-order valence-corrected chi connectivity index (χ0v) is 22.6. The number of aryl methyl sites for hydroxylation is 1. The van der Waals surface area contributed by atoms with E-state index >= 15 is 0 Å². The highest BCUT2D eigenvalue weighted by Crippen LogP contribution is 2.29. The Hall–Kier alpha value is -2.51. The summed E-state index contributed by atoms with van der Waals surface area (Å²) in [5.41, 5.74) is 2.25. The molecule has 2 aromatic carbocycles. The number of piperidine rings is 1. The van der Waals surface area contributed by atoms with Crippen LogP contribution in [0.1, 0.15) is 30.7 Å². The van der Waals surface area contributed by atoms with Gasteiger partial charge in [-0.2, -0.15) is 4.37 Å². The van der Waals surface area contributed by atoms with Crippen LogP contribution >= 0.6 is 34.1 Å². The molecule has 0 saturated carbocycles. The number of aromatic nitrogens is 3. The van der Waals surface area contributed by atoms with Crippen LogP contribution in [0.25, 0.3) is 10.9 Å². The fourth-order valence-electron chi connectivity index (χ4n) is 4.51. The second-order valence-corrected chi connectivity index (χ2v) is 12.2. The van der Waals surface area contributed by atoms with E-state index < -0.39 is 10.0 Å². The lowest BCUT2D eigenvalue weighted by atomic mass is 9.89. The van der Waals surface area contributed by atoms with Gasteiger partial charge in [-0.25, -0.2) is 13.4 Å². The molecule has 0 spiro atoms. The van der Waals surface area contributed by atoms with Gasteiger partial charge in [-0.05, 0) is 83.3 Å². The minimum atomic E-state index is -3.69. The summed E-state index contributed by atoms with van der Waals surface area (Å²) in [4.78, 5) is 18.9. The van der Waals surface area contributed by atoms with E-state index in [1.54, 1.807) is 12.1 Å². The normalized spacial score (nSPS) is 14.9. The number of hydrogen-bond acceptors (Lipinski definition) is 6. The van der Waals surface area contributed by atoms with Gasteiger partial charge in [0.25, 0.3) is 10.0 Å². The number of benzene rings is 2. The number of carbonyl (C=O) groups excluding carboxylic acids is 1. The number of sulfonamides is 1. The minimum Gasteiger partial charge on any atom is -0.347 e. The molecule has 35 heavy (non-hydrogen) atoms. The SMILES string of the molecule is O=C(CCn1ccc2cc(I)ccc21)N1CCC(c2ccc(S(=O)(=O)Nc3ncns3)cc2)CC1. The third-order valence-electron chi connectivity index (χ3n) is 6.39. The molecule has 0 bridgehead atoms. The molecule has 8 nitrogen and oxygen atoms in total. The number of fused-ring (bicyclic) bond motifs is 1. The predicted molar refractivity (Wildman–Crippen MR) is 145 cm³/mol. The van der Waals surface area contributed by atoms with Crippen molar-refractivity contribution in [3.8, 4) is 0 Å². The van der Waals surface area contributed by atoms with Gasteiger partial charge in [0.15, 0.2) is 0 Å². The van der Waals surface area contributed by atoms with Crippen molar-refractivity contribution in [3.05, 3.63) is 70.2 Å². The number of hydrogen-bond donors (Lipinski definition) is 1. The molecule has 0 radical (unpaired) electrons. The maximum Gasteiger partial charge on any atom is 0.263 e. The van der Waals surface area contributed by atoms with E-state index in [1.807, 2.05) is 23.2 Å². The second-order valence-electron chi connectivity index (χ2n) is 8.54. The van der Waals surface area contributed by atoms with Gasteiger partial charge in [-0.15, -0.1) is 0 Å². The van der Waals surface area contributed by atoms with Crippen LogP contribution < -0.4 is 4.72 Å². The van der Waals surface area contributed by atoms with Crippen molar-refractivity contribution >= 4 is 66.1 Å². The average Bonchev–Trinajstić information content (AvgIpc) is 3.52. The third-order valence-corrected chi connectivity index (χ3v) is 9.13. The quantitative estimate of drug-likeness (QED) is 0.302. The van der Waals surface area contributed by atoms with Gasteiger partial charge in [-0.1, -0.05) is 12.1 Å². The van der Waals surface area contributed by atoms with Crippen LogP contribution in [0.2, 0.25) is 0 Å². The van der Waals surface area contributed by atoms with Crippen molar-refractivity contribution in [3.63, 3.8) is 0 Å². The Bertz CT molecular complexity index is 1430. The summed E-state index contributed by atoms with van der Waals surface area (Å²) in [5, 5.41) is 1.44. The molecule has 2 aromatic heterocycles. The molecule has 1 saturated heterocycles. The highest BCUT2D eigenvalue weighted by molar-refractivity contribution is 14.1. The van der Waals surface area contributed by atoms with Crippen LogP contribution in [-0.4, -0.2) is 46.2 Å². The Kier molecular flexibility index (Phi) is 7.07. The van der Waals surface area contributed by atoms with Gasteiger partial charge in [0.2, 0.25) is 11.0 Å². The van der Waals surface area contributed by atoms with Crippen molar-refractivity contribution in [2.24, 2.45) is 0 Å². The summed E-state index contributed by atoms with van der Waals surface area (Å²) in [6.07, 6.45) is 5.57. The lowest BCUT2D eigenvalue weighted by molar-refractivity contribution is -0.132. The molecule has 1 aliphatic heterocycles. The molecule has 182 valence electrons. The second kappa shape index (κ2) is 10.2. The van der Waals surface area contributed by atoms with Gasteiger partial charge in [0.05, 0.1) is 4.90 Å². The molecule has 0 unspecified atom stereocenters. The van der Waals surface area contributed by atoms with Crippen LogP contribution in [0.5, 0.6) is 0 Å².